The molecule has 0 bridgehead atoms. The van der Waals surface area contributed by atoms with Crippen LogP contribution in [0.1, 0.15) is 16.3 Å². The van der Waals surface area contributed by atoms with Crippen molar-refractivity contribution in [2.45, 2.75) is 6.54 Å². The van der Waals surface area contributed by atoms with Gasteiger partial charge in [0, 0.05) is 32.7 Å². The fourth-order valence-electron chi connectivity index (χ4n) is 2.19. The standard InChI is InChI=1S/C12H20N4O3/c13-14-12(18)11-2-1-10(19-11)9-16-5-3-15(4-6-16)7-8-17/h1-2,17H,3-9,13H2,(H,14,18). The van der Waals surface area contributed by atoms with Crippen molar-refractivity contribution < 1.29 is 14.3 Å². The Bertz CT molecular complexity index is 413. The number of hydrazine groups is 1. The second-order valence-corrected chi connectivity index (χ2v) is 4.58. The third-order valence-corrected chi connectivity index (χ3v) is 3.28. The van der Waals surface area contributed by atoms with Gasteiger partial charge < -0.3 is 9.52 Å². The van der Waals surface area contributed by atoms with Crippen molar-refractivity contribution >= 4 is 5.91 Å². The molecule has 1 saturated heterocycles. The molecule has 0 aromatic carbocycles. The first-order chi connectivity index (χ1) is 9.22. The molecule has 2 rings (SSSR count). The lowest BCUT2D eigenvalue weighted by Crippen LogP contribution is -2.46. The number of furan rings is 1. The largest absolute Gasteiger partial charge is 0.455 e. The van der Waals surface area contributed by atoms with Crippen LogP contribution in [0.5, 0.6) is 0 Å². The van der Waals surface area contributed by atoms with Gasteiger partial charge in [-0.25, -0.2) is 5.84 Å². The number of nitrogens with zero attached hydrogens (tertiary/aromatic N) is 2. The first-order valence-corrected chi connectivity index (χ1v) is 6.38. The van der Waals surface area contributed by atoms with Crippen LogP contribution in [0.2, 0.25) is 0 Å². The molecule has 19 heavy (non-hydrogen) atoms. The molecule has 7 heteroatoms. The van der Waals surface area contributed by atoms with Crippen molar-refractivity contribution in [2.75, 3.05) is 39.3 Å². The van der Waals surface area contributed by atoms with Crippen LogP contribution in [0, 0.1) is 0 Å². The Kier molecular flexibility index (Phi) is 4.92. The van der Waals surface area contributed by atoms with Crippen LogP contribution < -0.4 is 11.3 Å². The van der Waals surface area contributed by atoms with Gasteiger partial charge >= 0.3 is 5.91 Å². The first kappa shape index (κ1) is 14.0. The average molecular weight is 268 g/mol. The summed E-state index contributed by atoms with van der Waals surface area (Å²) in [5.41, 5.74) is 2.04. The van der Waals surface area contributed by atoms with Crippen molar-refractivity contribution in [3.05, 3.63) is 23.7 Å². The lowest BCUT2D eigenvalue weighted by Gasteiger charge is -2.33. The van der Waals surface area contributed by atoms with Gasteiger partial charge in [-0.3, -0.25) is 20.0 Å². The number of piperazine rings is 1. The molecule has 0 radical (unpaired) electrons. The molecule has 1 fully saturated rings. The van der Waals surface area contributed by atoms with E-state index in [1.807, 2.05) is 5.43 Å². The zero-order chi connectivity index (χ0) is 13.7. The lowest BCUT2D eigenvalue weighted by molar-refractivity contribution is 0.0910. The number of carbonyl (C=O) groups excluding carboxylic acids is 1. The molecule has 1 amide bonds. The molecular weight excluding hydrogens is 248 g/mol. The van der Waals surface area contributed by atoms with Gasteiger partial charge in [0.25, 0.3) is 0 Å². The maximum Gasteiger partial charge on any atom is 0.300 e. The Morgan fingerprint density at radius 2 is 2.00 bits per heavy atom. The van der Waals surface area contributed by atoms with Gasteiger partial charge in [-0.15, -0.1) is 0 Å². The van der Waals surface area contributed by atoms with Crippen molar-refractivity contribution in [3.63, 3.8) is 0 Å². The Morgan fingerprint density at radius 1 is 1.32 bits per heavy atom. The van der Waals surface area contributed by atoms with Crippen LogP contribution >= 0.6 is 0 Å². The number of rotatable bonds is 5. The number of aliphatic hydroxyl groups excluding tert-OH is 1. The third kappa shape index (κ3) is 3.77. The minimum Gasteiger partial charge on any atom is -0.455 e. The minimum absolute atomic E-state index is 0.204. The van der Waals surface area contributed by atoms with E-state index in [-0.39, 0.29) is 12.4 Å². The maximum absolute atomic E-state index is 11.3. The van der Waals surface area contributed by atoms with Crippen LogP contribution in [0.15, 0.2) is 16.5 Å². The lowest BCUT2D eigenvalue weighted by atomic mass is 10.3. The van der Waals surface area contributed by atoms with Crippen LogP contribution in [0.4, 0.5) is 0 Å². The number of nitrogens with one attached hydrogen (secondary N) is 1. The Hall–Kier alpha value is -1.41. The van der Waals surface area contributed by atoms with Crippen LogP contribution in [-0.2, 0) is 6.54 Å². The van der Waals surface area contributed by atoms with E-state index < -0.39 is 5.91 Å². The monoisotopic (exact) mass is 268 g/mol. The molecule has 0 saturated carbocycles. The minimum atomic E-state index is -0.418. The summed E-state index contributed by atoms with van der Waals surface area (Å²) in [6, 6.07) is 3.42. The number of carbonyl (C=O) groups is 1. The summed E-state index contributed by atoms with van der Waals surface area (Å²) in [4.78, 5) is 15.7. The fraction of sp³-hybridized carbons (Fsp3) is 0.583. The Morgan fingerprint density at radius 3 is 2.63 bits per heavy atom. The van der Waals surface area contributed by atoms with Crippen molar-refractivity contribution in [1.82, 2.24) is 15.2 Å². The summed E-state index contributed by atoms with van der Waals surface area (Å²) < 4.78 is 5.43. The maximum atomic E-state index is 11.3. The molecule has 1 aromatic heterocycles. The molecule has 106 valence electrons. The van der Waals surface area contributed by atoms with E-state index in [1.54, 1.807) is 12.1 Å². The van der Waals surface area contributed by atoms with E-state index in [1.165, 1.54) is 0 Å². The molecule has 0 aliphatic carbocycles. The molecule has 0 atom stereocenters. The van der Waals surface area contributed by atoms with E-state index >= 15 is 0 Å². The number of hydrogen-bond acceptors (Lipinski definition) is 6. The normalized spacial score (nSPS) is 17.6. The van der Waals surface area contributed by atoms with Gasteiger partial charge in [0.2, 0.25) is 0 Å². The third-order valence-electron chi connectivity index (χ3n) is 3.28. The second kappa shape index (κ2) is 6.67. The molecule has 1 aliphatic heterocycles. The van der Waals surface area contributed by atoms with Crippen LogP contribution in [0.25, 0.3) is 0 Å². The molecule has 2 heterocycles. The highest BCUT2D eigenvalue weighted by molar-refractivity contribution is 5.90. The van der Waals surface area contributed by atoms with Crippen LogP contribution in [0.3, 0.4) is 0 Å². The summed E-state index contributed by atoms with van der Waals surface area (Å²) in [6.45, 7) is 5.36. The fourth-order valence-corrected chi connectivity index (χ4v) is 2.19. The van der Waals surface area contributed by atoms with E-state index in [4.69, 9.17) is 15.4 Å². The van der Waals surface area contributed by atoms with E-state index in [2.05, 4.69) is 9.80 Å². The number of nitrogens with two attached hydrogens (primary N) is 1. The molecule has 4 N–H and O–H groups in total. The highest BCUT2D eigenvalue weighted by atomic mass is 16.4. The summed E-state index contributed by atoms with van der Waals surface area (Å²) in [5.74, 6) is 5.62. The summed E-state index contributed by atoms with van der Waals surface area (Å²) in [5, 5.41) is 8.88. The van der Waals surface area contributed by atoms with Crippen molar-refractivity contribution in [2.24, 2.45) is 5.84 Å². The predicted octanol–water partition coefficient (Wildman–Crippen LogP) is -1.01. The van der Waals surface area contributed by atoms with Crippen molar-refractivity contribution in [3.8, 4) is 0 Å². The number of hydrogen-bond donors (Lipinski definition) is 3. The molecule has 7 nitrogen and oxygen atoms in total. The highest BCUT2D eigenvalue weighted by Crippen LogP contribution is 2.12. The molecule has 0 spiro atoms. The zero-order valence-electron chi connectivity index (χ0n) is 10.8. The SMILES string of the molecule is NNC(=O)c1ccc(CN2CCN(CCO)CC2)o1. The Balaban J connectivity index is 1.82. The van der Waals surface area contributed by atoms with Gasteiger partial charge in [-0.05, 0) is 12.1 Å². The van der Waals surface area contributed by atoms with Gasteiger partial charge in [0.1, 0.15) is 5.76 Å². The second-order valence-electron chi connectivity index (χ2n) is 4.58. The predicted molar refractivity (Wildman–Crippen MR) is 69.2 cm³/mol. The number of amides is 1. The smallest absolute Gasteiger partial charge is 0.300 e. The topological polar surface area (TPSA) is 95.0 Å². The summed E-state index contributed by atoms with van der Waals surface area (Å²) in [7, 11) is 0. The van der Waals surface area contributed by atoms with Gasteiger partial charge in [0.05, 0.1) is 13.2 Å². The molecule has 0 unspecified atom stereocenters. The zero-order valence-corrected chi connectivity index (χ0v) is 10.8. The van der Waals surface area contributed by atoms with Gasteiger partial charge in [-0.2, -0.15) is 0 Å². The summed E-state index contributed by atoms with van der Waals surface area (Å²) in [6.07, 6.45) is 0. The molecule has 1 aliphatic rings. The summed E-state index contributed by atoms with van der Waals surface area (Å²) >= 11 is 0. The quantitative estimate of drug-likeness (QED) is 0.360. The van der Waals surface area contributed by atoms with Crippen LogP contribution in [-0.4, -0.2) is 60.1 Å². The van der Waals surface area contributed by atoms with E-state index in [0.717, 1.165) is 38.5 Å². The van der Waals surface area contributed by atoms with E-state index in [9.17, 15) is 4.79 Å². The Labute approximate surface area is 111 Å². The highest BCUT2D eigenvalue weighted by Gasteiger charge is 2.18. The number of β-amino-alcohol motifs (C(OH)–C–C–N with tert-alkyl or cyclic N) is 1. The van der Waals surface area contributed by atoms with E-state index in [0.29, 0.717) is 6.54 Å². The van der Waals surface area contributed by atoms with Gasteiger partial charge in [-0.1, -0.05) is 0 Å². The average Bonchev–Trinajstić information content (AvgIpc) is 2.89. The first-order valence-electron chi connectivity index (χ1n) is 6.38. The number of nitrogen functional groups attached to an aromatic ring is 1. The van der Waals surface area contributed by atoms with Crippen molar-refractivity contribution in [1.29, 1.82) is 0 Å². The van der Waals surface area contributed by atoms with Gasteiger partial charge in [0.15, 0.2) is 5.76 Å². The molecular formula is C12H20N4O3. The number of aliphatic hydroxyl groups is 1. The molecule has 1 aromatic rings.